The fourth-order valence-electron chi connectivity index (χ4n) is 5.30. The summed E-state index contributed by atoms with van der Waals surface area (Å²) in [5.41, 5.74) is 0. The maximum atomic E-state index is 13.4. The molecule has 9 nitrogen and oxygen atoms in total. The monoisotopic (exact) mass is 534 g/mol. The number of allylic oxidation sites excluding steroid dienone is 3. The van der Waals surface area contributed by atoms with E-state index >= 15 is 0 Å². The lowest BCUT2D eigenvalue weighted by atomic mass is 9.88. The molecule has 2 aliphatic rings. The van der Waals surface area contributed by atoms with Crippen LogP contribution in [0.25, 0.3) is 0 Å². The highest BCUT2D eigenvalue weighted by Crippen LogP contribution is 2.24. The van der Waals surface area contributed by atoms with Crippen molar-refractivity contribution in [2.75, 3.05) is 20.1 Å². The third-order valence-corrected chi connectivity index (χ3v) is 7.79. The molecular weight excluding hydrogens is 484 g/mol. The molecule has 0 radical (unpaired) electrons. The Morgan fingerprint density at radius 1 is 1.13 bits per heavy atom. The Hall–Kier alpha value is -2.20. The van der Waals surface area contributed by atoms with Crippen LogP contribution >= 0.6 is 0 Å². The number of nitrogens with zero attached hydrogens (tertiary/aromatic N) is 2. The van der Waals surface area contributed by atoms with Gasteiger partial charge in [0.05, 0.1) is 33.0 Å². The van der Waals surface area contributed by atoms with Crippen LogP contribution in [-0.4, -0.2) is 94.7 Å². The van der Waals surface area contributed by atoms with Crippen LogP contribution in [0.4, 0.5) is 0 Å². The first-order valence-electron chi connectivity index (χ1n) is 14.9. The maximum Gasteiger partial charge on any atom is 0.241 e. The van der Waals surface area contributed by atoms with Crippen molar-refractivity contribution < 1.29 is 27.0 Å². The molecule has 0 aromatic carbocycles. The topological polar surface area (TPSA) is 119 Å². The lowest BCUT2D eigenvalue weighted by molar-refractivity contribution is -0.162. The lowest BCUT2D eigenvalue weighted by Gasteiger charge is -2.48. The summed E-state index contributed by atoms with van der Waals surface area (Å²) < 4.78 is 14.3. The van der Waals surface area contributed by atoms with Crippen molar-refractivity contribution in [1.82, 2.24) is 20.4 Å². The van der Waals surface area contributed by atoms with Gasteiger partial charge in [0.1, 0.15) is 11.9 Å². The van der Waals surface area contributed by atoms with E-state index in [9.17, 15) is 24.3 Å². The Balaban J connectivity index is 2.24. The van der Waals surface area contributed by atoms with Gasteiger partial charge in [0.2, 0.25) is 5.91 Å². The summed E-state index contributed by atoms with van der Waals surface area (Å²) in [7, 11) is 1.80. The molecule has 9 heteroatoms. The van der Waals surface area contributed by atoms with Gasteiger partial charge >= 0.3 is 0 Å². The molecule has 0 bridgehead atoms. The number of nitrogens with one attached hydrogen (secondary N) is 2. The number of aliphatic hydroxyl groups excluding tert-OH is 1. The highest BCUT2D eigenvalue weighted by Gasteiger charge is 2.49. The smallest absolute Gasteiger partial charge is 0.241 e. The van der Waals surface area contributed by atoms with Gasteiger partial charge in [-0.2, -0.15) is 0 Å². The summed E-state index contributed by atoms with van der Waals surface area (Å²) in [5, 5.41) is 17.6. The minimum Gasteiger partial charge on any atom is -0.391 e. The van der Waals surface area contributed by atoms with Crippen LogP contribution in [0.3, 0.4) is 0 Å². The molecule has 2 aliphatic heterocycles. The van der Waals surface area contributed by atoms with Crippen LogP contribution in [0.1, 0.15) is 69.5 Å². The van der Waals surface area contributed by atoms with E-state index in [4.69, 9.17) is 2.74 Å². The van der Waals surface area contributed by atoms with Crippen LogP contribution in [0.15, 0.2) is 24.8 Å². The molecule has 1 unspecified atom stereocenters. The Morgan fingerprint density at radius 3 is 2.47 bits per heavy atom. The van der Waals surface area contributed by atoms with E-state index in [0.717, 1.165) is 0 Å². The minimum absolute atomic E-state index is 0.113. The Bertz CT molecular complexity index is 968. The molecule has 1 amide bonds. The van der Waals surface area contributed by atoms with Gasteiger partial charge in [-0.1, -0.05) is 45.5 Å². The van der Waals surface area contributed by atoms with E-state index in [1.165, 1.54) is 11.0 Å². The SMILES string of the molecule is [2H]C([2H])=C/C=C/C[C@@H](C)[C@@H](O)[C@H]1C(=O)CCCC(=O)[C@H](C(C)C)NC2C(=O)[C@@H](C)N2C(=O)[C@@H](C)NCCCN1C. The van der Waals surface area contributed by atoms with Crippen LogP contribution < -0.4 is 10.6 Å². The quantitative estimate of drug-likeness (QED) is 0.442. The second kappa shape index (κ2) is 14.8. The van der Waals surface area contributed by atoms with E-state index in [2.05, 4.69) is 10.6 Å². The molecule has 0 spiro atoms. The van der Waals surface area contributed by atoms with Crippen molar-refractivity contribution in [3.8, 4) is 0 Å². The van der Waals surface area contributed by atoms with Gasteiger partial charge in [-0.25, -0.2) is 0 Å². The molecular formula is C29H48N4O5. The molecule has 0 aromatic rings. The lowest BCUT2D eigenvalue weighted by Crippen LogP contribution is -2.74. The van der Waals surface area contributed by atoms with Crippen LogP contribution in [0.5, 0.6) is 0 Å². The van der Waals surface area contributed by atoms with Crippen molar-refractivity contribution in [2.45, 2.75) is 103 Å². The third-order valence-electron chi connectivity index (χ3n) is 7.79. The molecule has 7 atom stereocenters. The molecule has 38 heavy (non-hydrogen) atoms. The molecule has 0 aromatic heterocycles. The number of hydrogen-bond donors (Lipinski definition) is 3. The van der Waals surface area contributed by atoms with Gasteiger partial charge in [0.25, 0.3) is 0 Å². The zero-order chi connectivity index (χ0) is 30.1. The number of rotatable bonds is 6. The zero-order valence-electron chi connectivity index (χ0n) is 25.8. The van der Waals surface area contributed by atoms with Crippen molar-refractivity contribution in [3.05, 3.63) is 24.8 Å². The molecule has 2 saturated heterocycles. The Kier molecular flexibility index (Phi) is 11.2. The summed E-state index contributed by atoms with van der Waals surface area (Å²) in [5.74, 6) is -0.954. The summed E-state index contributed by atoms with van der Waals surface area (Å²) >= 11 is 0. The first-order valence-corrected chi connectivity index (χ1v) is 13.9. The van der Waals surface area contributed by atoms with E-state index in [0.29, 0.717) is 32.4 Å². The second-order valence-electron chi connectivity index (χ2n) is 11.2. The molecule has 2 rings (SSSR count). The van der Waals surface area contributed by atoms with Gasteiger partial charge < -0.3 is 15.3 Å². The van der Waals surface area contributed by atoms with Crippen molar-refractivity contribution in [1.29, 1.82) is 0 Å². The number of carbonyl (C=O) groups is 4. The predicted octanol–water partition coefficient (Wildman–Crippen LogP) is 1.85. The number of carbonyl (C=O) groups excluding carboxylic acids is 4. The average Bonchev–Trinajstić information content (AvgIpc) is 2.89. The van der Waals surface area contributed by atoms with Crippen molar-refractivity contribution in [2.24, 2.45) is 11.8 Å². The number of ketones is 3. The van der Waals surface area contributed by atoms with Gasteiger partial charge in [-0.3, -0.25) is 29.4 Å². The van der Waals surface area contributed by atoms with E-state index in [1.807, 2.05) is 25.7 Å². The van der Waals surface area contributed by atoms with Gasteiger partial charge in [0, 0.05) is 12.8 Å². The molecule has 214 valence electrons. The van der Waals surface area contributed by atoms with Crippen molar-refractivity contribution in [3.63, 3.8) is 0 Å². The average molecular weight is 535 g/mol. The summed E-state index contributed by atoms with van der Waals surface area (Å²) in [6.45, 7) is 9.76. The first-order chi connectivity index (χ1) is 18.8. The van der Waals surface area contributed by atoms with E-state index in [1.54, 1.807) is 33.0 Å². The fourth-order valence-corrected chi connectivity index (χ4v) is 5.30. The van der Waals surface area contributed by atoms with E-state index < -0.39 is 36.4 Å². The first kappa shape index (κ1) is 28.8. The number of amides is 1. The van der Waals surface area contributed by atoms with E-state index in [-0.39, 0.29) is 54.5 Å². The molecule has 0 saturated carbocycles. The zero-order valence-corrected chi connectivity index (χ0v) is 23.8. The number of fused-ring (bicyclic) bond motifs is 1. The predicted molar refractivity (Wildman–Crippen MR) is 148 cm³/mol. The minimum atomic E-state index is -0.954. The van der Waals surface area contributed by atoms with Gasteiger partial charge in [0.15, 0.2) is 11.6 Å². The third kappa shape index (κ3) is 7.91. The molecule has 2 heterocycles. The van der Waals surface area contributed by atoms with Crippen LogP contribution in [0, 0.1) is 11.8 Å². The maximum absolute atomic E-state index is 13.4. The summed E-state index contributed by atoms with van der Waals surface area (Å²) in [6.07, 6.45) is 4.62. The second-order valence-corrected chi connectivity index (χ2v) is 11.2. The molecule has 0 aliphatic carbocycles. The normalized spacial score (nSPS) is 31.8. The molecule has 2 fully saturated rings. The van der Waals surface area contributed by atoms with Gasteiger partial charge in [-0.15, -0.1) is 0 Å². The van der Waals surface area contributed by atoms with Crippen molar-refractivity contribution >= 4 is 23.3 Å². The number of aliphatic hydroxyl groups is 1. The van der Waals surface area contributed by atoms with Crippen LogP contribution in [0.2, 0.25) is 0 Å². The highest BCUT2D eigenvalue weighted by molar-refractivity contribution is 6.03. The van der Waals surface area contributed by atoms with Gasteiger partial charge in [-0.05, 0) is 65.1 Å². The standard InChI is InChI=1S/C29H48N4O5/c1-8-9-10-13-19(4)26(36)25-23(35)15-11-14-22(34)24(18(2)3)31-28-27(37)21(6)33(28)29(38)20(5)30-16-12-17-32(25)7/h8-10,18-21,24-26,28,30-31,36H,1,11-17H2,2-7H3/b10-9+/t19-,20-,21-,24+,25-,26-,28?/m1/s1/i1D2. The Labute approximate surface area is 230 Å². The Morgan fingerprint density at radius 2 is 1.82 bits per heavy atom. The largest absolute Gasteiger partial charge is 0.391 e. The number of likely N-dealkylation sites (N-methyl/N-ethyl adjacent to an activating group) is 1. The highest BCUT2D eigenvalue weighted by atomic mass is 16.3. The number of Topliss-reactive ketones (excluding diaryl/α,β-unsaturated/α-hetero) is 3. The fraction of sp³-hybridized carbons (Fsp3) is 0.724. The number of hydrogen-bond acceptors (Lipinski definition) is 8. The van der Waals surface area contributed by atoms with Crippen LogP contribution in [-0.2, 0) is 19.2 Å². The molecule has 3 N–H and O–H groups in total. The summed E-state index contributed by atoms with van der Waals surface area (Å²) in [6, 6.07) is -2.49. The summed E-state index contributed by atoms with van der Waals surface area (Å²) in [4.78, 5) is 55.9.